The van der Waals surface area contributed by atoms with Crippen LogP contribution >= 0.6 is 11.3 Å². The van der Waals surface area contributed by atoms with Crippen molar-refractivity contribution in [1.82, 2.24) is 9.88 Å². The van der Waals surface area contributed by atoms with Crippen LogP contribution in [0, 0.1) is 0 Å². The minimum absolute atomic E-state index is 0.0387. The van der Waals surface area contributed by atoms with Crippen LogP contribution in [0.5, 0.6) is 0 Å². The first kappa shape index (κ1) is 15.1. The smallest absolute Gasteiger partial charge is 0.267 e. The van der Waals surface area contributed by atoms with Gasteiger partial charge in [-0.05, 0) is 12.8 Å². The highest BCUT2D eigenvalue weighted by molar-refractivity contribution is 7.18. The van der Waals surface area contributed by atoms with Crippen molar-refractivity contribution in [2.75, 3.05) is 37.3 Å². The molecule has 0 aliphatic carbocycles. The Morgan fingerprint density at radius 3 is 2.95 bits per heavy atom. The number of thiazole rings is 1. The molecular weight excluding hydrogens is 274 g/mol. The van der Waals surface area contributed by atoms with E-state index in [1.807, 2.05) is 7.05 Å². The number of carbonyl (C=O) groups is 1. The van der Waals surface area contributed by atoms with Gasteiger partial charge in [0.2, 0.25) is 0 Å². The average molecular weight is 297 g/mol. The topological polar surface area (TPSA) is 88.5 Å². The standard InChI is InChI=1S/C13H23N5OS/c1-3-4-6-17(2)12(19)10-11(15)16-13(20-10)18-7-5-9(14)8-18/h9H,3-8,14-15H2,1-2H3. The molecule has 0 bridgehead atoms. The zero-order valence-corrected chi connectivity index (χ0v) is 12.9. The predicted molar refractivity (Wildman–Crippen MR) is 83.2 cm³/mol. The zero-order valence-electron chi connectivity index (χ0n) is 12.1. The Bertz CT molecular complexity index is 475. The highest BCUT2D eigenvalue weighted by Crippen LogP contribution is 2.30. The molecule has 1 amide bonds. The van der Waals surface area contributed by atoms with Gasteiger partial charge in [-0.1, -0.05) is 24.7 Å². The van der Waals surface area contributed by atoms with Gasteiger partial charge in [-0.3, -0.25) is 4.79 Å². The Morgan fingerprint density at radius 2 is 2.35 bits per heavy atom. The van der Waals surface area contributed by atoms with Gasteiger partial charge in [-0.15, -0.1) is 0 Å². The number of rotatable bonds is 5. The fourth-order valence-electron chi connectivity index (χ4n) is 2.24. The van der Waals surface area contributed by atoms with Gasteiger partial charge in [-0.2, -0.15) is 0 Å². The quantitative estimate of drug-likeness (QED) is 0.850. The zero-order chi connectivity index (χ0) is 14.7. The third kappa shape index (κ3) is 3.21. The summed E-state index contributed by atoms with van der Waals surface area (Å²) in [5.74, 6) is 0.294. The fraction of sp³-hybridized carbons (Fsp3) is 0.692. The van der Waals surface area contributed by atoms with Crippen LogP contribution in [0.4, 0.5) is 10.9 Å². The van der Waals surface area contributed by atoms with Gasteiger partial charge < -0.3 is 21.3 Å². The second kappa shape index (κ2) is 6.41. The Labute approximate surface area is 123 Å². The van der Waals surface area contributed by atoms with Crippen molar-refractivity contribution >= 4 is 28.2 Å². The predicted octanol–water partition coefficient (Wildman–Crippen LogP) is 1.13. The van der Waals surface area contributed by atoms with Gasteiger partial charge in [0.15, 0.2) is 5.13 Å². The average Bonchev–Trinajstić information content (AvgIpc) is 3.01. The molecule has 4 N–H and O–H groups in total. The second-order valence-electron chi connectivity index (χ2n) is 5.29. The number of hydrogen-bond acceptors (Lipinski definition) is 6. The SMILES string of the molecule is CCCCN(C)C(=O)c1sc(N2CCC(N)C2)nc1N. The number of carbonyl (C=O) groups excluding carboxylic acids is 1. The number of amides is 1. The van der Waals surface area contributed by atoms with E-state index in [0.717, 1.165) is 44.0 Å². The highest BCUT2D eigenvalue weighted by atomic mass is 32.1. The number of anilines is 2. The monoisotopic (exact) mass is 297 g/mol. The highest BCUT2D eigenvalue weighted by Gasteiger charge is 2.25. The molecule has 0 aromatic carbocycles. The molecule has 0 radical (unpaired) electrons. The summed E-state index contributed by atoms with van der Waals surface area (Å²) >= 11 is 1.37. The van der Waals surface area contributed by atoms with Gasteiger partial charge in [0, 0.05) is 32.7 Å². The van der Waals surface area contributed by atoms with Crippen molar-refractivity contribution in [3.05, 3.63) is 4.88 Å². The Kier molecular flexibility index (Phi) is 4.82. The second-order valence-corrected chi connectivity index (χ2v) is 6.26. The van der Waals surface area contributed by atoms with E-state index in [4.69, 9.17) is 11.5 Å². The van der Waals surface area contributed by atoms with E-state index in [2.05, 4.69) is 16.8 Å². The lowest BCUT2D eigenvalue weighted by Crippen LogP contribution is -2.27. The summed E-state index contributed by atoms with van der Waals surface area (Å²) in [5, 5.41) is 0.808. The van der Waals surface area contributed by atoms with Crippen LogP contribution in [0.25, 0.3) is 0 Å². The van der Waals surface area contributed by atoms with E-state index in [0.29, 0.717) is 10.7 Å². The van der Waals surface area contributed by atoms with Crippen LogP contribution < -0.4 is 16.4 Å². The van der Waals surface area contributed by atoms with E-state index in [1.165, 1.54) is 11.3 Å². The summed E-state index contributed by atoms with van der Waals surface area (Å²) in [4.78, 5) is 21.0. The van der Waals surface area contributed by atoms with Crippen LogP contribution in [0.1, 0.15) is 35.9 Å². The molecule has 0 spiro atoms. The summed E-state index contributed by atoms with van der Waals surface area (Å²) in [6.07, 6.45) is 3.01. The first-order chi connectivity index (χ1) is 9.52. The summed E-state index contributed by atoms with van der Waals surface area (Å²) in [7, 11) is 1.81. The van der Waals surface area contributed by atoms with E-state index < -0.39 is 0 Å². The van der Waals surface area contributed by atoms with Crippen molar-refractivity contribution in [3.8, 4) is 0 Å². The minimum atomic E-state index is -0.0387. The maximum Gasteiger partial charge on any atom is 0.267 e. The number of nitrogens with two attached hydrogens (primary N) is 2. The summed E-state index contributed by atoms with van der Waals surface area (Å²) in [5.41, 5.74) is 11.8. The van der Waals surface area contributed by atoms with E-state index in [-0.39, 0.29) is 11.9 Å². The van der Waals surface area contributed by atoms with Crippen molar-refractivity contribution in [1.29, 1.82) is 0 Å². The molecular formula is C13H23N5OS. The lowest BCUT2D eigenvalue weighted by atomic mass is 10.3. The first-order valence-electron chi connectivity index (χ1n) is 7.05. The van der Waals surface area contributed by atoms with Crippen LogP contribution in [0.2, 0.25) is 0 Å². The Morgan fingerprint density at radius 1 is 1.60 bits per heavy atom. The Hall–Kier alpha value is -1.34. The number of aromatic nitrogens is 1. The van der Waals surface area contributed by atoms with Crippen molar-refractivity contribution in [2.45, 2.75) is 32.2 Å². The first-order valence-corrected chi connectivity index (χ1v) is 7.86. The maximum atomic E-state index is 12.3. The van der Waals surface area contributed by atoms with Crippen LogP contribution in [-0.2, 0) is 0 Å². The molecule has 1 fully saturated rings. The number of nitrogen functional groups attached to an aromatic ring is 1. The molecule has 2 rings (SSSR count). The van der Waals surface area contributed by atoms with E-state index in [9.17, 15) is 4.79 Å². The molecule has 1 unspecified atom stereocenters. The largest absolute Gasteiger partial charge is 0.382 e. The molecule has 6 nitrogen and oxygen atoms in total. The van der Waals surface area contributed by atoms with Gasteiger partial charge in [0.25, 0.3) is 5.91 Å². The molecule has 112 valence electrons. The number of unbranched alkanes of at least 4 members (excludes halogenated alkanes) is 1. The molecule has 1 aromatic rings. The molecule has 1 aliphatic rings. The molecule has 20 heavy (non-hydrogen) atoms. The van der Waals surface area contributed by atoms with Gasteiger partial charge in [-0.25, -0.2) is 4.98 Å². The normalized spacial score (nSPS) is 18.6. The van der Waals surface area contributed by atoms with Crippen molar-refractivity contribution in [3.63, 3.8) is 0 Å². The third-order valence-corrected chi connectivity index (χ3v) is 4.65. The minimum Gasteiger partial charge on any atom is -0.382 e. The number of hydrogen-bond donors (Lipinski definition) is 2. The molecule has 1 saturated heterocycles. The lowest BCUT2D eigenvalue weighted by Gasteiger charge is -2.15. The molecule has 1 aromatic heterocycles. The van der Waals surface area contributed by atoms with Crippen molar-refractivity contribution < 1.29 is 4.79 Å². The van der Waals surface area contributed by atoms with Gasteiger partial charge in [0.1, 0.15) is 10.7 Å². The lowest BCUT2D eigenvalue weighted by molar-refractivity contribution is 0.0799. The third-order valence-electron chi connectivity index (χ3n) is 3.53. The van der Waals surface area contributed by atoms with Crippen LogP contribution in [0.3, 0.4) is 0 Å². The van der Waals surface area contributed by atoms with Crippen LogP contribution in [0.15, 0.2) is 0 Å². The van der Waals surface area contributed by atoms with Gasteiger partial charge >= 0.3 is 0 Å². The van der Waals surface area contributed by atoms with Crippen LogP contribution in [-0.4, -0.2) is 48.5 Å². The van der Waals surface area contributed by atoms with Gasteiger partial charge in [0.05, 0.1) is 0 Å². The maximum absolute atomic E-state index is 12.3. The molecule has 1 aliphatic heterocycles. The summed E-state index contributed by atoms with van der Waals surface area (Å²) in [6.45, 7) is 4.52. The van der Waals surface area contributed by atoms with Crippen molar-refractivity contribution in [2.24, 2.45) is 5.73 Å². The molecule has 7 heteroatoms. The van der Waals surface area contributed by atoms with E-state index >= 15 is 0 Å². The summed E-state index contributed by atoms with van der Waals surface area (Å²) in [6, 6.07) is 0.187. The summed E-state index contributed by atoms with van der Waals surface area (Å²) < 4.78 is 0. The molecule has 0 saturated carbocycles. The Balaban J connectivity index is 2.09. The number of nitrogens with zero attached hydrogens (tertiary/aromatic N) is 3. The van der Waals surface area contributed by atoms with E-state index in [1.54, 1.807) is 4.90 Å². The molecule has 1 atom stereocenters. The fourth-order valence-corrected chi connectivity index (χ4v) is 3.25. The molecule has 2 heterocycles.